The van der Waals surface area contributed by atoms with Crippen LogP contribution in [0.3, 0.4) is 0 Å². The van der Waals surface area contributed by atoms with E-state index in [2.05, 4.69) is 15.6 Å². The highest BCUT2D eigenvalue weighted by atomic mass is 19.1. The summed E-state index contributed by atoms with van der Waals surface area (Å²) in [6.45, 7) is 1.40. The molecule has 7 heteroatoms. The van der Waals surface area contributed by atoms with Crippen molar-refractivity contribution in [3.63, 3.8) is 0 Å². The van der Waals surface area contributed by atoms with E-state index < -0.39 is 23.1 Å². The molecule has 1 heterocycles. The van der Waals surface area contributed by atoms with Crippen LogP contribution in [-0.4, -0.2) is 21.5 Å². The van der Waals surface area contributed by atoms with Gasteiger partial charge in [0.2, 0.25) is 0 Å². The zero-order valence-corrected chi connectivity index (χ0v) is 10.6. The van der Waals surface area contributed by atoms with E-state index in [0.717, 1.165) is 17.1 Å². The van der Waals surface area contributed by atoms with E-state index in [0.29, 0.717) is 24.4 Å². The van der Waals surface area contributed by atoms with Gasteiger partial charge in [0.05, 0.1) is 11.9 Å². The number of hydrogen-bond donors (Lipinski definition) is 1. The summed E-state index contributed by atoms with van der Waals surface area (Å²) >= 11 is 0. The van der Waals surface area contributed by atoms with E-state index >= 15 is 0 Å². The predicted octanol–water partition coefficient (Wildman–Crippen LogP) is 2.18. The summed E-state index contributed by atoms with van der Waals surface area (Å²) in [7, 11) is 0. The highest BCUT2D eigenvalue weighted by molar-refractivity contribution is 5.34. The number of rotatable bonds is 5. The van der Waals surface area contributed by atoms with Gasteiger partial charge in [-0.2, -0.15) is 0 Å². The number of halogens is 3. The lowest BCUT2D eigenvalue weighted by atomic mass is 10.3. The van der Waals surface area contributed by atoms with E-state index in [4.69, 9.17) is 0 Å². The number of hydrogen-bond acceptors (Lipinski definition) is 3. The summed E-state index contributed by atoms with van der Waals surface area (Å²) in [5, 5.41) is 10.7. The molecule has 1 aromatic carbocycles. The first-order chi connectivity index (χ1) is 9.63. The number of nitrogens with zero attached hydrogens (tertiary/aromatic N) is 3. The fraction of sp³-hybridized carbons (Fsp3) is 0.385. The van der Waals surface area contributed by atoms with Gasteiger partial charge in [-0.05, 0) is 25.3 Å². The average molecular weight is 282 g/mol. The van der Waals surface area contributed by atoms with Crippen molar-refractivity contribution in [1.29, 1.82) is 0 Å². The molecule has 4 nitrogen and oxygen atoms in total. The van der Waals surface area contributed by atoms with E-state index in [1.165, 1.54) is 19.0 Å². The Morgan fingerprint density at radius 3 is 2.55 bits per heavy atom. The predicted molar refractivity (Wildman–Crippen MR) is 65.7 cm³/mol. The first-order valence-corrected chi connectivity index (χ1v) is 6.40. The van der Waals surface area contributed by atoms with Gasteiger partial charge < -0.3 is 5.32 Å². The minimum absolute atomic E-state index is 0.424. The van der Waals surface area contributed by atoms with Crippen LogP contribution in [0.4, 0.5) is 13.2 Å². The molecule has 0 atom stereocenters. The van der Waals surface area contributed by atoms with Crippen molar-refractivity contribution in [3.05, 3.63) is 41.5 Å². The summed E-state index contributed by atoms with van der Waals surface area (Å²) in [5.41, 5.74) is 0.154. The Morgan fingerprint density at radius 1 is 1.20 bits per heavy atom. The minimum atomic E-state index is -1.01. The molecule has 0 aliphatic heterocycles. The molecule has 2 aromatic rings. The molecule has 0 radical (unpaired) electrons. The maximum Gasteiger partial charge on any atom is 0.154 e. The quantitative estimate of drug-likeness (QED) is 0.914. The Balaban J connectivity index is 1.75. The van der Waals surface area contributed by atoms with Crippen molar-refractivity contribution in [2.45, 2.75) is 19.4 Å². The Morgan fingerprint density at radius 2 is 1.90 bits per heavy atom. The van der Waals surface area contributed by atoms with Crippen LogP contribution in [0.1, 0.15) is 18.5 Å². The maximum absolute atomic E-state index is 13.6. The van der Waals surface area contributed by atoms with Crippen molar-refractivity contribution >= 4 is 0 Å². The Hall–Kier alpha value is -1.89. The Bertz CT molecular complexity index is 599. The average Bonchev–Trinajstić information content (AvgIpc) is 3.07. The van der Waals surface area contributed by atoms with E-state index in [-0.39, 0.29) is 0 Å². The van der Waals surface area contributed by atoms with Gasteiger partial charge >= 0.3 is 0 Å². The molecule has 1 N–H and O–H groups in total. The van der Waals surface area contributed by atoms with Crippen LogP contribution in [0, 0.1) is 23.4 Å². The molecule has 0 saturated heterocycles. The summed E-state index contributed by atoms with van der Waals surface area (Å²) in [4.78, 5) is 0. The second-order valence-corrected chi connectivity index (χ2v) is 4.95. The third-order valence-corrected chi connectivity index (χ3v) is 3.19. The van der Waals surface area contributed by atoms with Crippen LogP contribution in [0.25, 0.3) is 5.69 Å². The SMILES string of the molecule is Fc1cc(F)c(-n2cc(CNCC3CC3)nn2)c(F)c1. The van der Waals surface area contributed by atoms with Crippen LogP contribution in [0.2, 0.25) is 0 Å². The van der Waals surface area contributed by atoms with Crippen LogP contribution in [0.15, 0.2) is 18.3 Å². The molecule has 0 bridgehead atoms. The van der Waals surface area contributed by atoms with Crippen LogP contribution < -0.4 is 5.32 Å². The zero-order valence-electron chi connectivity index (χ0n) is 10.6. The minimum Gasteiger partial charge on any atom is -0.311 e. The van der Waals surface area contributed by atoms with E-state index in [1.54, 1.807) is 0 Å². The highest BCUT2D eigenvalue weighted by Gasteiger charge is 2.20. The molecule has 20 heavy (non-hydrogen) atoms. The molecule has 1 aliphatic rings. The molecule has 3 rings (SSSR count). The fourth-order valence-electron chi connectivity index (χ4n) is 1.97. The van der Waals surface area contributed by atoms with Crippen molar-refractivity contribution in [3.8, 4) is 5.69 Å². The van der Waals surface area contributed by atoms with E-state index in [1.807, 2.05) is 0 Å². The monoisotopic (exact) mass is 282 g/mol. The first-order valence-electron chi connectivity index (χ1n) is 6.40. The standard InChI is InChI=1S/C13H13F3N4/c14-9-3-11(15)13(12(16)4-9)20-7-10(18-19-20)6-17-5-8-1-2-8/h3-4,7-8,17H,1-2,5-6H2. The van der Waals surface area contributed by atoms with Crippen molar-refractivity contribution in [2.24, 2.45) is 5.92 Å². The summed E-state index contributed by atoms with van der Waals surface area (Å²) in [6.07, 6.45) is 3.91. The smallest absolute Gasteiger partial charge is 0.154 e. The molecule has 0 unspecified atom stereocenters. The summed E-state index contributed by atoms with van der Waals surface area (Å²) < 4.78 is 41.0. The van der Waals surface area contributed by atoms with Gasteiger partial charge in [-0.3, -0.25) is 0 Å². The maximum atomic E-state index is 13.6. The summed E-state index contributed by atoms with van der Waals surface area (Å²) in [5.74, 6) is -2.25. The van der Waals surface area contributed by atoms with Gasteiger partial charge in [0.15, 0.2) is 11.6 Å². The Labute approximate surface area is 113 Å². The molecular formula is C13H13F3N4. The molecule has 1 saturated carbocycles. The van der Waals surface area contributed by atoms with Gasteiger partial charge in [-0.25, -0.2) is 17.9 Å². The molecule has 0 spiro atoms. The molecule has 0 amide bonds. The van der Waals surface area contributed by atoms with Crippen LogP contribution in [0.5, 0.6) is 0 Å². The Kier molecular flexibility index (Phi) is 3.43. The van der Waals surface area contributed by atoms with Gasteiger partial charge in [-0.1, -0.05) is 5.21 Å². The lowest BCUT2D eigenvalue weighted by molar-refractivity contribution is 0.526. The largest absolute Gasteiger partial charge is 0.311 e. The molecule has 1 fully saturated rings. The molecule has 1 aliphatic carbocycles. The second-order valence-electron chi connectivity index (χ2n) is 4.95. The molecular weight excluding hydrogens is 269 g/mol. The number of nitrogens with one attached hydrogen (secondary N) is 1. The number of benzene rings is 1. The van der Waals surface area contributed by atoms with Crippen molar-refractivity contribution < 1.29 is 13.2 Å². The first kappa shape index (κ1) is 13.1. The second kappa shape index (κ2) is 5.24. The third-order valence-electron chi connectivity index (χ3n) is 3.19. The van der Waals surface area contributed by atoms with Crippen molar-refractivity contribution in [1.82, 2.24) is 20.3 Å². The highest BCUT2D eigenvalue weighted by Crippen LogP contribution is 2.27. The number of aromatic nitrogens is 3. The van der Waals surface area contributed by atoms with Gasteiger partial charge in [0.25, 0.3) is 0 Å². The van der Waals surface area contributed by atoms with Crippen LogP contribution in [-0.2, 0) is 6.54 Å². The van der Waals surface area contributed by atoms with Gasteiger partial charge in [-0.15, -0.1) is 5.10 Å². The van der Waals surface area contributed by atoms with Gasteiger partial charge in [0, 0.05) is 18.7 Å². The topological polar surface area (TPSA) is 42.7 Å². The fourth-order valence-corrected chi connectivity index (χ4v) is 1.97. The third kappa shape index (κ3) is 2.82. The zero-order chi connectivity index (χ0) is 14.1. The van der Waals surface area contributed by atoms with Gasteiger partial charge in [0.1, 0.15) is 11.5 Å². The normalized spacial score (nSPS) is 14.8. The van der Waals surface area contributed by atoms with Crippen molar-refractivity contribution in [2.75, 3.05) is 6.54 Å². The lowest BCUT2D eigenvalue weighted by Gasteiger charge is -2.03. The molecule has 106 valence electrons. The summed E-state index contributed by atoms with van der Waals surface area (Å²) in [6, 6.07) is 1.23. The molecule has 1 aromatic heterocycles. The lowest BCUT2D eigenvalue weighted by Crippen LogP contribution is -2.16. The van der Waals surface area contributed by atoms with Crippen LogP contribution >= 0.6 is 0 Å². The van der Waals surface area contributed by atoms with E-state index in [9.17, 15) is 13.2 Å².